The van der Waals surface area contributed by atoms with E-state index in [1.54, 1.807) is 31.6 Å². The number of carbonyl (C=O) groups is 1. The third kappa shape index (κ3) is 4.48. The molecule has 2 aromatic carbocycles. The smallest absolute Gasteiger partial charge is 0.337 e. The minimum absolute atomic E-state index is 0.415. The summed E-state index contributed by atoms with van der Waals surface area (Å²) in [7, 11) is 2.89. The lowest BCUT2D eigenvalue weighted by Gasteiger charge is -2.10. The Bertz CT molecular complexity index is 951. The molecule has 3 rings (SSSR count). The number of nitrogens with zero attached hydrogens (tertiary/aromatic N) is 1. The zero-order valence-electron chi connectivity index (χ0n) is 16.2. The Morgan fingerprint density at radius 1 is 1.14 bits per heavy atom. The normalized spacial score (nSPS) is 10.8. The van der Waals surface area contributed by atoms with Crippen molar-refractivity contribution < 1.29 is 18.7 Å². The van der Waals surface area contributed by atoms with Crippen molar-refractivity contribution in [3.8, 4) is 17.2 Å². The first-order valence-corrected chi connectivity index (χ1v) is 9.58. The first kappa shape index (κ1) is 19.8. The monoisotopic (exact) mass is 398 g/mol. The van der Waals surface area contributed by atoms with E-state index in [1.165, 1.54) is 24.6 Å². The molecule has 0 amide bonds. The molecular weight excluding hydrogens is 376 g/mol. The standard InChI is InChI=1S/C21H22N2O4S/c1-13(2)14-5-7-15(8-6-14)20-22-19(12-27-20)28-23-17-10-9-16(21(24)26-4)11-18(17)25-3/h5-13,23H,1-4H3. The molecule has 0 spiro atoms. The Labute approximate surface area is 168 Å². The largest absolute Gasteiger partial charge is 0.495 e. The van der Waals surface area contributed by atoms with Gasteiger partial charge in [-0.25, -0.2) is 9.78 Å². The van der Waals surface area contributed by atoms with Crippen molar-refractivity contribution in [2.24, 2.45) is 0 Å². The zero-order chi connectivity index (χ0) is 20.1. The highest BCUT2D eigenvalue weighted by Crippen LogP contribution is 2.31. The van der Waals surface area contributed by atoms with Crippen molar-refractivity contribution in [2.75, 3.05) is 18.9 Å². The minimum Gasteiger partial charge on any atom is -0.495 e. The molecule has 0 aliphatic carbocycles. The molecular formula is C21H22N2O4S. The third-order valence-electron chi connectivity index (χ3n) is 4.20. The Kier molecular flexibility index (Phi) is 6.26. The number of esters is 1. The summed E-state index contributed by atoms with van der Waals surface area (Å²) in [5.74, 6) is 1.16. The summed E-state index contributed by atoms with van der Waals surface area (Å²) >= 11 is 1.30. The highest BCUT2D eigenvalue weighted by Gasteiger charge is 2.12. The number of methoxy groups -OCH3 is 2. The highest BCUT2D eigenvalue weighted by atomic mass is 32.2. The van der Waals surface area contributed by atoms with Gasteiger partial charge in [0.25, 0.3) is 0 Å². The maximum atomic E-state index is 11.6. The van der Waals surface area contributed by atoms with E-state index >= 15 is 0 Å². The second-order valence-corrected chi connectivity index (χ2v) is 7.20. The number of hydrogen-bond donors (Lipinski definition) is 1. The van der Waals surface area contributed by atoms with Crippen LogP contribution in [0.3, 0.4) is 0 Å². The van der Waals surface area contributed by atoms with Gasteiger partial charge in [0, 0.05) is 17.5 Å². The Balaban J connectivity index is 1.69. The lowest BCUT2D eigenvalue weighted by Crippen LogP contribution is -2.02. The molecule has 0 atom stereocenters. The number of ether oxygens (including phenoxy) is 2. The van der Waals surface area contributed by atoms with Gasteiger partial charge in [-0.1, -0.05) is 26.0 Å². The molecule has 0 bridgehead atoms. The van der Waals surface area contributed by atoms with Gasteiger partial charge in [-0.2, -0.15) is 0 Å². The molecule has 1 N–H and O–H groups in total. The summed E-state index contributed by atoms with van der Waals surface area (Å²) in [6.07, 6.45) is 1.60. The average molecular weight is 398 g/mol. The summed E-state index contributed by atoms with van der Waals surface area (Å²) < 4.78 is 18.8. The molecule has 146 valence electrons. The van der Waals surface area contributed by atoms with Crippen LogP contribution in [-0.2, 0) is 4.74 Å². The van der Waals surface area contributed by atoms with Crippen LogP contribution < -0.4 is 9.46 Å². The maximum absolute atomic E-state index is 11.6. The van der Waals surface area contributed by atoms with Crippen LogP contribution in [0.25, 0.3) is 11.5 Å². The fraction of sp³-hybridized carbons (Fsp3) is 0.238. The number of anilines is 1. The van der Waals surface area contributed by atoms with E-state index in [1.807, 2.05) is 12.1 Å². The predicted octanol–water partition coefficient (Wildman–Crippen LogP) is 5.38. The van der Waals surface area contributed by atoms with Crippen LogP contribution in [0.2, 0.25) is 0 Å². The van der Waals surface area contributed by atoms with Gasteiger partial charge in [0.2, 0.25) is 5.89 Å². The van der Waals surface area contributed by atoms with E-state index in [0.717, 1.165) is 5.56 Å². The van der Waals surface area contributed by atoms with E-state index in [2.05, 4.69) is 35.7 Å². The Morgan fingerprint density at radius 3 is 2.54 bits per heavy atom. The second kappa shape index (κ2) is 8.84. The molecule has 1 aromatic heterocycles. The van der Waals surface area contributed by atoms with Crippen molar-refractivity contribution in [1.29, 1.82) is 0 Å². The summed E-state index contributed by atoms with van der Waals surface area (Å²) in [6.45, 7) is 4.32. The van der Waals surface area contributed by atoms with Gasteiger partial charge in [-0.3, -0.25) is 0 Å². The fourth-order valence-electron chi connectivity index (χ4n) is 2.58. The topological polar surface area (TPSA) is 73.6 Å². The van der Waals surface area contributed by atoms with E-state index in [4.69, 9.17) is 13.9 Å². The van der Waals surface area contributed by atoms with Gasteiger partial charge in [0.1, 0.15) is 12.0 Å². The molecule has 1 heterocycles. The first-order chi connectivity index (χ1) is 13.5. The maximum Gasteiger partial charge on any atom is 0.337 e. The second-order valence-electron chi connectivity index (χ2n) is 6.38. The minimum atomic E-state index is -0.415. The van der Waals surface area contributed by atoms with Gasteiger partial charge in [-0.05, 0) is 41.8 Å². The van der Waals surface area contributed by atoms with Crippen molar-refractivity contribution in [2.45, 2.75) is 24.8 Å². The number of oxazole rings is 1. The molecule has 0 fully saturated rings. The van der Waals surface area contributed by atoms with Crippen LogP contribution in [0.15, 0.2) is 58.2 Å². The van der Waals surface area contributed by atoms with Gasteiger partial charge in [0.15, 0.2) is 5.03 Å². The SMILES string of the molecule is COC(=O)c1ccc(NSc2coc(-c3ccc(C(C)C)cc3)n2)c(OC)c1. The van der Waals surface area contributed by atoms with Gasteiger partial charge >= 0.3 is 5.97 Å². The van der Waals surface area contributed by atoms with E-state index < -0.39 is 5.97 Å². The summed E-state index contributed by atoms with van der Waals surface area (Å²) in [6, 6.07) is 13.2. The number of carbonyl (C=O) groups excluding carboxylic acids is 1. The molecule has 7 heteroatoms. The van der Waals surface area contributed by atoms with Crippen LogP contribution in [-0.4, -0.2) is 25.2 Å². The van der Waals surface area contributed by atoms with Gasteiger partial charge in [0.05, 0.1) is 25.5 Å². The van der Waals surface area contributed by atoms with E-state index in [0.29, 0.717) is 33.8 Å². The van der Waals surface area contributed by atoms with E-state index in [9.17, 15) is 4.79 Å². The number of rotatable bonds is 7. The molecule has 0 unspecified atom stereocenters. The Morgan fingerprint density at radius 2 is 1.89 bits per heavy atom. The van der Waals surface area contributed by atoms with Crippen LogP contribution in [0, 0.1) is 0 Å². The molecule has 0 aliphatic heterocycles. The van der Waals surface area contributed by atoms with Crippen molar-refractivity contribution in [3.63, 3.8) is 0 Å². The van der Waals surface area contributed by atoms with Gasteiger partial charge in [-0.15, -0.1) is 0 Å². The quantitative estimate of drug-likeness (QED) is 0.423. The van der Waals surface area contributed by atoms with Crippen LogP contribution in [0.1, 0.15) is 35.7 Å². The van der Waals surface area contributed by atoms with Crippen molar-refractivity contribution >= 4 is 23.6 Å². The van der Waals surface area contributed by atoms with Gasteiger partial charge < -0.3 is 18.6 Å². The van der Waals surface area contributed by atoms with E-state index in [-0.39, 0.29) is 0 Å². The number of aromatic nitrogens is 1. The molecule has 0 saturated carbocycles. The lowest BCUT2D eigenvalue weighted by molar-refractivity contribution is 0.0600. The number of nitrogens with one attached hydrogen (secondary N) is 1. The zero-order valence-corrected chi connectivity index (χ0v) is 17.0. The van der Waals surface area contributed by atoms with Crippen molar-refractivity contribution in [1.82, 2.24) is 4.98 Å². The molecule has 0 radical (unpaired) electrons. The van der Waals surface area contributed by atoms with Crippen LogP contribution in [0.5, 0.6) is 5.75 Å². The molecule has 6 nitrogen and oxygen atoms in total. The molecule has 28 heavy (non-hydrogen) atoms. The summed E-state index contributed by atoms with van der Waals surface area (Å²) in [5, 5.41) is 0.682. The summed E-state index contributed by atoms with van der Waals surface area (Å²) in [5.41, 5.74) is 3.33. The van der Waals surface area contributed by atoms with Crippen LogP contribution >= 0.6 is 11.9 Å². The Hall–Kier alpha value is -2.93. The fourth-order valence-corrected chi connectivity index (χ4v) is 3.18. The molecule has 0 aliphatic rings. The van der Waals surface area contributed by atoms with Crippen LogP contribution in [0.4, 0.5) is 5.69 Å². The number of benzene rings is 2. The summed E-state index contributed by atoms with van der Waals surface area (Å²) in [4.78, 5) is 16.1. The molecule has 3 aromatic rings. The lowest BCUT2D eigenvalue weighted by atomic mass is 10.0. The van der Waals surface area contributed by atoms with Crippen molar-refractivity contribution in [3.05, 3.63) is 59.9 Å². The third-order valence-corrected chi connectivity index (χ3v) is 4.91. The average Bonchev–Trinajstić information content (AvgIpc) is 3.20. The highest BCUT2D eigenvalue weighted by molar-refractivity contribution is 8.00. The predicted molar refractivity (Wildman–Crippen MR) is 110 cm³/mol. The first-order valence-electron chi connectivity index (χ1n) is 8.77. The molecule has 0 saturated heterocycles. The number of hydrogen-bond acceptors (Lipinski definition) is 7.